The lowest BCUT2D eigenvalue weighted by Crippen LogP contribution is -2.42. The first kappa shape index (κ1) is 14.7. The number of nitrogens with one attached hydrogen (secondary N) is 1. The van der Waals surface area contributed by atoms with Crippen LogP contribution in [0.5, 0.6) is 0 Å². The largest absolute Gasteiger partial charge is 0.390 e. The maximum absolute atomic E-state index is 9.95. The highest BCUT2D eigenvalue weighted by atomic mass is 79.9. The van der Waals surface area contributed by atoms with E-state index >= 15 is 0 Å². The Morgan fingerprint density at radius 2 is 2.00 bits per heavy atom. The van der Waals surface area contributed by atoms with Gasteiger partial charge in [-0.3, -0.25) is 4.68 Å². The minimum atomic E-state index is -0.431. The maximum atomic E-state index is 9.95. The van der Waals surface area contributed by atoms with Gasteiger partial charge in [-0.1, -0.05) is 0 Å². The van der Waals surface area contributed by atoms with Gasteiger partial charge in [-0.05, 0) is 50.5 Å². The Bertz CT molecular complexity index is 382. The molecule has 0 bridgehead atoms. The van der Waals surface area contributed by atoms with E-state index in [0.29, 0.717) is 13.1 Å². The molecule has 17 heavy (non-hydrogen) atoms. The molecule has 1 aromatic heterocycles. The SMILES string of the molecule is Cc1nn(CC(O)CNC(C)(C)C)c(C)c1Br. The second kappa shape index (κ2) is 5.50. The van der Waals surface area contributed by atoms with Crippen molar-refractivity contribution >= 4 is 15.9 Å². The maximum Gasteiger partial charge on any atom is 0.0860 e. The summed E-state index contributed by atoms with van der Waals surface area (Å²) in [6, 6.07) is 0. The van der Waals surface area contributed by atoms with Crippen LogP contribution in [0, 0.1) is 13.8 Å². The Kier molecular flexibility index (Phi) is 4.75. The summed E-state index contributed by atoms with van der Waals surface area (Å²) in [5, 5.41) is 17.6. The summed E-state index contributed by atoms with van der Waals surface area (Å²) >= 11 is 3.48. The van der Waals surface area contributed by atoms with Crippen molar-refractivity contribution in [2.45, 2.75) is 52.8 Å². The monoisotopic (exact) mass is 303 g/mol. The van der Waals surface area contributed by atoms with E-state index in [2.05, 4.69) is 47.1 Å². The van der Waals surface area contributed by atoms with Crippen molar-refractivity contribution in [2.75, 3.05) is 6.54 Å². The van der Waals surface area contributed by atoms with Gasteiger partial charge in [0.25, 0.3) is 0 Å². The molecule has 0 saturated carbocycles. The normalized spacial score (nSPS) is 14.1. The van der Waals surface area contributed by atoms with Crippen LogP contribution in [0.1, 0.15) is 32.2 Å². The Labute approximate surface area is 112 Å². The van der Waals surface area contributed by atoms with Crippen molar-refractivity contribution in [1.29, 1.82) is 0 Å². The lowest BCUT2D eigenvalue weighted by Gasteiger charge is -2.23. The van der Waals surface area contributed by atoms with Gasteiger partial charge in [-0.25, -0.2) is 0 Å². The van der Waals surface area contributed by atoms with E-state index < -0.39 is 6.10 Å². The number of aryl methyl sites for hydroxylation is 1. The standard InChI is InChI=1S/C12H22BrN3O/c1-8-11(13)9(2)16(15-8)7-10(17)6-14-12(3,4)5/h10,14,17H,6-7H2,1-5H3. The molecule has 0 aliphatic rings. The van der Waals surface area contributed by atoms with Crippen molar-refractivity contribution in [3.05, 3.63) is 15.9 Å². The number of hydrogen-bond donors (Lipinski definition) is 2. The minimum absolute atomic E-state index is 0.0244. The highest BCUT2D eigenvalue weighted by molar-refractivity contribution is 9.10. The van der Waals surface area contributed by atoms with E-state index in [1.54, 1.807) is 0 Å². The second-order valence-electron chi connectivity index (χ2n) is 5.45. The predicted octanol–water partition coefficient (Wildman–Crippen LogP) is 2.01. The smallest absolute Gasteiger partial charge is 0.0860 e. The average Bonchev–Trinajstić information content (AvgIpc) is 2.43. The molecule has 0 radical (unpaired) electrons. The molecule has 0 fully saturated rings. The van der Waals surface area contributed by atoms with Crippen LogP contribution in [0.25, 0.3) is 0 Å². The molecule has 1 atom stereocenters. The highest BCUT2D eigenvalue weighted by Crippen LogP contribution is 2.19. The van der Waals surface area contributed by atoms with Crippen LogP contribution in [0.2, 0.25) is 0 Å². The van der Waals surface area contributed by atoms with Crippen LogP contribution >= 0.6 is 15.9 Å². The molecule has 1 unspecified atom stereocenters. The first-order valence-electron chi connectivity index (χ1n) is 5.83. The molecular formula is C12H22BrN3O. The molecular weight excluding hydrogens is 282 g/mol. The van der Waals surface area contributed by atoms with Crippen molar-refractivity contribution < 1.29 is 5.11 Å². The number of rotatable bonds is 4. The highest BCUT2D eigenvalue weighted by Gasteiger charge is 2.15. The Hall–Kier alpha value is -0.390. The zero-order valence-electron chi connectivity index (χ0n) is 11.2. The fourth-order valence-corrected chi connectivity index (χ4v) is 1.82. The topological polar surface area (TPSA) is 50.1 Å². The Balaban J connectivity index is 2.56. The van der Waals surface area contributed by atoms with Crippen LogP contribution in [-0.2, 0) is 6.54 Å². The number of nitrogens with zero attached hydrogens (tertiary/aromatic N) is 2. The molecule has 0 amide bonds. The van der Waals surface area contributed by atoms with Gasteiger partial charge in [-0.2, -0.15) is 5.10 Å². The lowest BCUT2D eigenvalue weighted by atomic mass is 10.1. The van der Waals surface area contributed by atoms with Crippen LogP contribution < -0.4 is 5.32 Å². The number of hydrogen-bond acceptors (Lipinski definition) is 3. The fraction of sp³-hybridized carbons (Fsp3) is 0.750. The van der Waals surface area contributed by atoms with Gasteiger partial charge < -0.3 is 10.4 Å². The van der Waals surface area contributed by atoms with Crippen molar-refractivity contribution in [3.8, 4) is 0 Å². The molecule has 5 heteroatoms. The van der Waals surface area contributed by atoms with Gasteiger partial charge >= 0.3 is 0 Å². The van der Waals surface area contributed by atoms with Gasteiger partial charge in [-0.15, -0.1) is 0 Å². The summed E-state index contributed by atoms with van der Waals surface area (Å²) in [4.78, 5) is 0. The van der Waals surface area contributed by atoms with E-state index in [-0.39, 0.29) is 5.54 Å². The van der Waals surface area contributed by atoms with Crippen molar-refractivity contribution in [2.24, 2.45) is 0 Å². The third-order valence-corrected chi connectivity index (χ3v) is 3.69. The summed E-state index contributed by atoms with van der Waals surface area (Å²) in [6.07, 6.45) is -0.431. The van der Waals surface area contributed by atoms with Gasteiger partial charge in [0.15, 0.2) is 0 Å². The van der Waals surface area contributed by atoms with Crippen molar-refractivity contribution in [1.82, 2.24) is 15.1 Å². The first-order chi connectivity index (χ1) is 7.70. The molecule has 0 aliphatic heterocycles. The zero-order chi connectivity index (χ0) is 13.2. The molecule has 0 aliphatic carbocycles. The molecule has 2 N–H and O–H groups in total. The van der Waals surface area contributed by atoms with Gasteiger partial charge in [0, 0.05) is 17.8 Å². The molecule has 4 nitrogen and oxygen atoms in total. The summed E-state index contributed by atoms with van der Waals surface area (Å²) in [7, 11) is 0. The minimum Gasteiger partial charge on any atom is -0.390 e. The quantitative estimate of drug-likeness (QED) is 0.894. The van der Waals surface area contributed by atoms with E-state index in [4.69, 9.17) is 0 Å². The summed E-state index contributed by atoms with van der Waals surface area (Å²) in [5.41, 5.74) is 2.03. The number of aliphatic hydroxyl groups is 1. The molecule has 0 saturated heterocycles. The van der Waals surface area contributed by atoms with E-state index in [1.807, 2.05) is 18.5 Å². The molecule has 1 aromatic rings. The number of β-amino-alcohol motifs (C(OH)–C–C–N with tert-alkyl or cyclic N) is 1. The third-order valence-electron chi connectivity index (χ3n) is 2.54. The molecule has 0 spiro atoms. The van der Waals surface area contributed by atoms with Crippen LogP contribution in [-0.4, -0.2) is 33.1 Å². The van der Waals surface area contributed by atoms with E-state index in [0.717, 1.165) is 15.9 Å². The zero-order valence-corrected chi connectivity index (χ0v) is 12.8. The Morgan fingerprint density at radius 3 is 2.41 bits per heavy atom. The molecule has 0 aromatic carbocycles. The fourth-order valence-electron chi connectivity index (χ4n) is 1.54. The first-order valence-corrected chi connectivity index (χ1v) is 6.62. The van der Waals surface area contributed by atoms with Gasteiger partial charge in [0.05, 0.1) is 22.8 Å². The van der Waals surface area contributed by atoms with E-state index in [9.17, 15) is 5.11 Å². The number of aliphatic hydroxyl groups excluding tert-OH is 1. The van der Waals surface area contributed by atoms with Crippen LogP contribution in [0.4, 0.5) is 0 Å². The van der Waals surface area contributed by atoms with Crippen LogP contribution in [0.15, 0.2) is 4.47 Å². The number of aromatic nitrogens is 2. The Morgan fingerprint density at radius 1 is 1.41 bits per heavy atom. The number of halogens is 1. The lowest BCUT2D eigenvalue weighted by molar-refractivity contribution is 0.137. The predicted molar refractivity (Wildman–Crippen MR) is 73.2 cm³/mol. The second-order valence-corrected chi connectivity index (χ2v) is 6.24. The summed E-state index contributed by atoms with van der Waals surface area (Å²) in [6.45, 7) is 11.3. The van der Waals surface area contributed by atoms with Gasteiger partial charge in [0.2, 0.25) is 0 Å². The average molecular weight is 304 g/mol. The summed E-state index contributed by atoms with van der Waals surface area (Å²) < 4.78 is 2.86. The third kappa shape index (κ3) is 4.41. The van der Waals surface area contributed by atoms with Gasteiger partial charge in [0.1, 0.15) is 0 Å². The van der Waals surface area contributed by atoms with Crippen LogP contribution in [0.3, 0.4) is 0 Å². The molecule has 98 valence electrons. The molecule has 1 heterocycles. The van der Waals surface area contributed by atoms with Crippen molar-refractivity contribution in [3.63, 3.8) is 0 Å². The van der Waals surface area contributed by atoms with E-state index in [1.165, 1.54) is 0 Å². The summed E-state index contributed by atoms with van der Waals surface area (Å²) in [5.74, 6) is 0. The molecule has 1 rings (SSSR count).